The molecule has 0 bridgehead atoms. The standard InChI is InChI=1S/C21H17F5N2O4/c1-11(27-32-21(30)14-15(22)17(24)19(26)18(25)16(14)23)13(12-5-3-2-4-6-12)20(29)28-7-9-31-10-8-28/h2-6,13H,7-10H2,1H3/b27-11+. The molecule has 0 aromatic heterocycles. The minimum Gasteiger partial charge on any atom is -0.378 e. The van der Waals surface area contributed by atoms with E-state index in [4.69, 9.17) is 4.74 Å². The van der Waals surface area contributed by atoms with Gasteiger partial charge in [0, 0.05) is 13.1 Å². The summed E-state index contributed by atoms with van der Waals surface area (Å²) in [4.78, 5) is 31.1. The highest BCUT2D eigenvalue weighted by Crippen LogP contribution is 2.25. The molecule has 6 nitrogen and oxygen atoms in total. The Hall–Kier alpha value is -3.34. The molecule has 170 valence electrons. The lowest BCUT2D eigenvalue weighted by molar-refractivity contribution is -0.135. The third kappa shape index (κ3) is 4.62. The summed E-state index contributed by atoms with van der Waals surface area (Å²) < 4.78 is 72.8. The van der Waals surface area contributed by atoms with Crippen molar-refractivity contribution in [3.05, 3.63) is 70.5 Å². The second kappa shape index (κ2) is 9.86. The molecule has 1 fully saturated rings. The number of rotatable bonds is 5. The van der Waals surface area contributed by atoms with E-state index in [1.165, 1.54) is 11.8 Å². The zero-order chi connectivity index (χ0) is 23.4. The van der Waals surface area contributed by atoms with Gasteiger partial charge in [0.15, 0.2) is 23.3 Å². The molecule has 32 heavy (non-hydrogen) atoms. The van der Waals surface area contributed by atoms with E-state index >= 15 is 0 Å². The first-order chi connectivity index (χ1) is 15.2. The van der Waals surface area contributed by atoms with E-state index in [-0.39, 0.29) is 11.6 Å². The molecule has 1 aliphatic heterocycles. The quantitative estimate of drug-likeness (QED) is 0.172. The summed E-state index contributed by atoms with van der Waals surface area (Å²) >= 11 is 0. The Balaban J connectivity index is 1.90. The maximum atomic E-state index is 13.8. The topological polar surface area (TPSA) is 68.2 Å². The molecule has 2 aromatic carbocycles. The Bertz CT molecular complexity index is 1030. The average molecular weight is 456 g/mol. The molecule has 0 saturated carbocycles. The third-order valence-electron chi connectivity index (χ3n) is 4.81. The normalized spacial score (nSPS) is 15.4. The lowest BCUT2D eigenvalue weighted by atomic mass is 9.93. The number of oxime groups is 1. The molecule has 0 spiro atoms. The molecule has 1 amide bonds. The Labute approximate surface area is 179 Å². The van der Waals surface area contributed by atoms with E-state index in [1.54, 1.807) is 30.3 Å². The van der Waals surface area contributed by atoms with Gasteiger partial charge in [0.05, 0.1) is 18.9 Å². The largest absolute Gasteiger partial charge is 0.378 e. The van der Waals surface area contributed by atoms with Gasteiger partial charge in [-0.3, -0.25) is 4.79 Å². The zero-order valence-corrected chi connectivity index (χ0v) is 16.7. The molecular weight excluding hydrogens is 439 g/mol. The van der Waals surface area contributed by atoms with Crippen LogP contribution in [0.1, 0.15) is 28.8 Å². The van der Waals surface area contributed by atoms with Gasteiger partial charge in [-0.1, -0.05) is 35.5 Å². The summed E-state index contributed by atoms with van der Waals surface area (Å²) in [7, 11) is 0. The van der Waals surface area contributed by atoms with Crippen LogP contribution in [-0.4, -0.2) is 48.8 Å². The van der Waals surface area contributed by atoms with Crippen LogP contribution in [-0.2, 0) is 14.4 Å². The van der Waals surface area contributed by atoms with Crippen molar-refractivity contribution >= 4 is 17.6 Å². The van der Waals surface area contributed by atoms with Crippen LogP contribution >= 0.6 is 0 Å². The van der Waals surface area contributed by atoms with Gasteiger partial charge < -0.3 is 14.5 Å². The summed E-state index contributed by atoms with van der Waals surface area (Å²) in [5.74, 6) is -15.0. The van der Waals surface area contributed by atoms with Crippen LogP contribution in [0.3, 0.4) is 0 Å². The molecule has 3 rings (SSSR count). The number of benzene rings is 2. The number of hydrogen-bond donors (Lipinski definition) is 0. The zero-order valence-electron chi connectivity index (χ0n) is 16.7. The maximum absolute atomic E-state index is 13.8. The van der Waals surface area contributed by atoms with Crippen molar-refractivity contribution < 1.29 is 41.1 Å². The predicted octanol–water partition coefficient (Wildman–Crippen LogP) is 3.56. The molecule has 1 atom stereocenters. The summed E-state index contributed by atoms with van der Waals surface area (Å²) in [6, 6.07) is 8.32. The van der Waals surface area contributed by atoms with Crippen molar-refractivity contribution in [2.24, 2.45) is 5.16 Å². The highest BCUT2D eigenvalue weighted by molar-refractivity contribution is 6.08. The molecule has 0 radical (unpaired) electrons. The minimum atomic E-state index is -2.41. The highest BCUT2D eigenvalue weighted by atomic mass is 19.2. The fraction of sp³-hybridized carbons (Fsp3) is 0.286. The molecule has 0 aliphatic carbocycles. The molecule has 11 heteroatoms. The second-order valence-corrected chi connectivity index (χ2v) is 6.84. The van der Waals surface area contributed by atoms with Gasteiger partial charge in [0.2, 0.25) is 11.7 Å². The second-order valence-electron chi connectivity index (χ2n) is 6.84. The third-order valence-corrected chi connectivity index (χ3v) is 4.81. The summed E-state index contributed by atoms with van der Waals surface area (Å²) in [5, 5.41) is 3.47. The lowest BCUT2D eigenvalue weighted by Crippen LogP contribution is -2.44. The van der Waals surface area contributed by atoms with E-state index in [9.17, 15) is 31.5 Å². The first kappa shape index (κ1) is 23.3. The van der Waals surface area contributed by atoms with E-state index in [2.05, 4.69) is 9.99 Å². The van der Waals surface area contributed by atoms with Gasteiger partial charge in [0.1, 0.15) is 11.5 Å². The monoisotopic (exact) mass is 456 g/mol. The Kier molecular flexibility index (Phi) is 7.18. The van der Waals surface area contributed by atoms with Gasteiger partial charge in [-0.05, 0) is 12.5 Å². The highest BCUT2D eigenvalue weighted by Gasteiger charge is 2.33. The van der Waals surface area contributed by atoms with Crippen molar-refractivity contribution in [1.29, 1.82) is 0 Å². The summed E-state index contributed by atoms with van der Waals surface area (Å²) in [6.07, 6.45) is 0. The van der Waals surface area contributed by atoms with Crippen LogP contribution in [0.4, 0.5) is 22.0 Å². The number of ether oxygens (including phenoxy) is 1. The van der Waals surface area contributed by atoms with Crippen LogP contribution in [0, 0.1) is 29.1 Å². The Morgan fingerprint density at radius 3 is 2.03 bits per heavy atom. The van der Waals surface area contributed by atoms with Crippen molar-refractivity contribution in [3.8, 4) is 0 Å². The summed E-state index contributed by atoms with van der Waals surface area (Å²) in [5.41, 5.74) is -1.35. The van der Waals surface area contributed by atoms with Crippen LogP contribution in [0.2, 0.25) is 0 Å². The first-order valence-corrected chi connectivity index (χ1v) is 9.42. The van der Waals surface area contributed by atoms with Gasteiger partial charge in [-0.15, -0.1) is 0 Å². The van der Waals surface area contributed by atoms with E-state index < -0.39 is 46.5 Å². The Morgan fingerprint density at radius 2 is 1.47 bits per heavy atom. The minimum absolute atomic E-state index is 0.0649. The van der Waals surface area contributed by atoms with Crippen LogP contribution in [0.15, 0.2) is 35.5 Å². The lowest BCUT2D eigenvalue weighted by Gasteiger charge is -2.30. The fourth-order valence-electron chi connectivity index (χ4n) is 3.17. The SMILES string of the molecule is C/C(=N\OC(=O)c1c(F)c(F)c(F)c(F)c1F)C(C(=O)N1CCOCC1)c1ccccc1. The van der Waals surface area contributed by atoms with Gasteiger partial charge in [-0.25, -0.2) is 26.7 Å². The molecule has 2 aromatic rings. The molecule has 1 unspecified atom stereocenters. The Morgan fingerprint density at radius 1 is 0.938 bits per heavy atom. The number of halogens is 5. The number of carbonyl (C=O) groups excluding carboxylic acids is 2. The molecule has 1 aliphatic rings. The summed E-state index contributed by atoms with van der Waals surface area (Å²) in [6.45, 7) is 2.64. The number of morpholine rings is 1. The first-order valence-electron chi connectivity index (χ1n) is 9.42. The number of nitrogens with zero attached hydrogens (tertiary/aromatic N) is 2. The van der Waals surface area contributed by atoms with Crippen molar-refractivity contribution in [2.45, 2.75) is 12.8 Å². The van der Waals surface area contributed by atoms with E-state index in [0.717, 1.165) is 0 Å². The predicted molar refractivity (Wildman–Crippen MR) is 101 cm³/mol. The molecule has 1 heterocycles. The molecule has 0 N–H and O–H groups in total. The van der Waals surface area contributed by atoms with Crippen molar-refractivity contribution in [1.82, 2.24) is 4.90 Å². The molecule has 1 saturated heterocycles. The smallest absolute Gasteiger partial charge is 0.371 e. The average Bonchev–Trinajstić information content (AvgIpc) is 2.81. The van der Waals surface area contributed by atoms with E-state index in [1.807, 2.05) is 0 Å². The molecular formula is C21H17F5N2O4. The maximum Gasteiger partial charge on any atom is 0.371 e. The van der Waals surface area contributed by atoms with Crippen LogP contribution in [0.25, 0.3) is 0 Å². The number of hydrogen-bond acceptors (Lipinski definition) is 5. The number of carbonyl (C=O) groups is 2. The van der Waals surface area contributed by atoms with Crippen LogP contribution < -0.4 is 0 Å². The van der Waals surface area contributed by atoms with E-state index in [0.29, 0.717) is 31.9 Å². The van der Waals surface area contributed by atoms with Gasteiger partial charge >= 0.3 is 5.97 Å². The van der Waals surface area contributed by atoms with Crippen LogP contribution in [0.5, 0.6) is 0 Å². The van der Waals surface area contributed by atoms with Crippen molar-refractivity contribution in [2.75, 3.05) is 26.3 Å². The van der Waals surface area contributed by atoms with Gasteiger partial charge in [-0.2, -0.15) is 0 Å². The fourth-order valence-corrected chi connectivity index (χ4v) is 3.17. The van der Waals surface area contributed by atoms with Crippen molar-refractivity contribution in [3.63, 3.8) is 0 Å². The number of amides is 1. The van der Waals surface area contributed by atoms with Gasteiger partial charge in [0.25, 0.3) is 0 Å².